The molecular formula is C17H32N2O3. The van der Waals surface area contributed by atoms with Crippen LogP contribution >= 0.6 is 0 Å². The molecule has 0 aromatic carbocycles. The monoisotopic (exact) mass is 312 g/mol. The van der Waals surface area contributed by atoms with Crippen molar-refractivity contribution in [2.24, 2.45) is 5.92 Å². The Labute approximate surface area is 134 Å². The van der Waals surface area contributed by atoms with Gasteiger partial charge in [0.2, 0.25) is 0 Å². The van der Waals surface area contributed by atoms with Gasteiger partial charge in [-0.2, -0.15) is 5.48 Å². The maximum absolute atomic E-state index is 12.2. The number of hydrogen-bond donors (Lipinski definition) is 1. The van der Waals surface area contributed by atoms with Crippen LogP contribution in [-0.2, 0) is 9.57 Å². The van der Waals surface area contributed by atoms with E-state index in [9.17, 15) is 4.79 Å². The Morgan fingerprint density at radius 1 is 1.18 bits per heavy atom. The normalized spacial score (nSPS) is 25.3. The second kappa shape index (κ2) is 7.64. The number of rotatable bonds is 4. The molecule has 1 N–H and O–H groups in total. The average Bonchev–Trinajstić information content (AvgIpc) is 2.96. The zero-order valence-corrected chi connectivity index (χ0v) is 14.6. The van der Waals surface area contributed by atoms with Crippen molar-refractivity contribution in [3.63, 3.8) is 0 Å². The summed E-state index contributed by atoms with van der Waals surface area (Å²) in [6, 6.07) is 0.255. The van der Waals surface area contributed by atoms with E-state index < -0.39 is 5.60 Å². The number of likely N-dealkylation sites (tertiary alicyclic amines) is 1. The minimum Gasteiger partial charge on any atom is -0.444 e. The lowest BCUT2D eigenvalue weighted by atomic mass is 9.92. The summed E-state index contributed by atoms with van der Waals surface area (Å²) in [5, 5.41) is 0. The largest absolute Gasteiger partial charge is 0.444 e. The number of hydrogen-bond acceptors (Lipinski definition) is 4. The number of carbonyl (C=O) groups excluding carboxylic acids is 1. The summed E-state index contributed by atoms with van der Waals surface area (Å²) in [6.07, 6.45) is 7.20. The van der Waals surface area contributed by atoms with E-state index in [0.717, 1.165) is 38.8 Å². The number of amides is 1. The van der Waals surface area contributed by atoms with E-state index >= 15 is 0 Å². The van der Waals surface area contributed by atoms with Gasteiger partial charge in [0.15, 0.2) is 0 Å². The Kier molecular flexibility index (Phi) is 6.09. The summed E-state index contributed by atoms with van der Waals surface area (Å²) in [5.41, 5.74) is 2.79. The Balaban J connectivity index is 1.77. The van der Waals surface area contributed by atoms with Gasteiger partial charge in [-0.3, -0.25) is 4.84 Å². The third-order valence-electron chi connectivity index (χ3n) is 4.54. The van der Waals surface area contributed by atoms with Crippen LogP contribution in [0.5, 0.6) is 0 Å². The molecular weight excluding hydrogens is 280 g/mol. The van der Waals surface area contributed by atoms with Crippen molar-refractivity contribution in [2.75, 3.05) is 13.1 Å². The lowest BCUT2D eigenvalue weighted by Gasteiger charge is -2.36. The second-order valence-electron chi connectivity index (χ2n) is 7.76. The molecule has 1 aliphatic heterocycles. The molecule has 0 bridgehead atoms. The Morgan fingerprint density at radius 2 is 1.86 bits per heavy atom. The molecule has 0 aromatic rings. The first-order chi connectivity index (χ1) is 10.3. The van der Waals surface area contributed by atoms with E-state index in [1.165, 1.54) is 12.8 Å². The quantitative estimate of drug-likeness (QED) is 0.807. The maximum Gasteiger partial charge on any atom is 0.410 e. The van der Waals surface area contributed by atoms with Crippen LogP contribution in [-0.4, -0.2) is 41.8 Å². The highest BCUT2D eigenvalue weighted by atomic mass is 16.7. The Hall–Kier alpha value is -0.810. The summed E-state index contributed by atoms with van der Waals surface area (Å²) < 4.78 is 5.48. The van der Waals surface area contributed by atoms with Crippen LogP contribution in [0, 0.1) is 5.92 Å². The van der Waals surface area contributed by atoms with Gasteiger partial charge in [-0.15, -0.1) is 0 Å². The van der Waals surface area contributed by atoms with Gasteiger partial charge in [0.25, 0.3) is 0 Å². The predicted octanol–water partition coefficient (Wildman–Crippen LogP) is 3.49. The molecule has 2 fully saturated rings. The molecule has 128 valence electrons. The third kappa shape index (κ3) is 5.43. The molecule has 0 aromatic heterocycles. The topological polar surface area (TPSA) is 50.8 Å². The smallest absolute Gasteiger partial charge is 0.410 e. The van der Waals surface area contributed by atoms with E-state index in [0.29, 0.717) is 12.0 Å². The van der Waals surface area contributed by atoms with E-state index in [-0.39, 0.29) is 12.1 Å². The highest BCUT2D eigenvalue weighted by Crippen LogP contribution is 2.24. The van der Waals surface area contributed by atoms with E-state index in [2.05, 4.69) is 12.4 Å². The predicted molar refractivity (Wildman–Crippen MR) is 86.5 cm³/mol. The van der Waals surface area contributed by atoms with Crippen LogP contribution in [0.15, 0.2) is 0 Å². The minimum absolute atomic E-state index is 0.193. The molecule has 1 aliphatic carbocycles. The molecule has 2 aliphatic rings. The molecule has 1 saturated heterocycles. The van der Waals surface area contributed by atoms with Gasteiger partial charge in [-0.05, 0) is 59.3 Å². The zero-order chi connectivity index (χ0) is 16.2. The van der Waals surface area contributed by atoms with Gasteiger partial charge in [0, 0.05) is 19.1 Å². The number of carbonyl (C=O) groups is 1. The minimum atomic E-state index is -0.431. The fourth-order valence-corrected chi connectivity index (χ4v) is 3.22. The summed E-state index contributed by atoms with van der Waals surface area (Å²) in [6.45, 7) is 9.42. The maximum atomic E-state index is 12.2. The van der Waals surface area contributed by atoms with Crippen molar-refractivity contribution in [3.05, 3.63) is 0 Å². The molecule has 22 heavy (non-hydrogen) atoms. The Morgan fingerprint density at radius 3 is 2.50 bits per heavy atom. The number of nitrogens with zero attached hydrogens (tertiary/aromatic N) is 1. The van der Waals surface area contributed by atoms with Gasteiger partial charge in [0.05, 0.1) is 6.10 Å². The molecule has 0 spiro atoms. The van der Waals surface area contributed by atoms with Crippen LogP contribution < -0.4 is 5.48 Å². The fourth-order valence-electron chi connectivity index (χ4n) is 3.22. The number of piperidine rings is 1. The summed E-state index contributed by atoms with van der Waals surface area (Å²) in [4.78, 5) is 19.9. The van der Waals surface area contributed by atoms with Crippen molar-refractivity contribution < 1.29 is 14.4 Å². The van der Waals surface area contributed by atoms with Gasteiger partial charge < -0.3 is 9.64 Å². The first-order valence-corrected chi connectivity index (χ1v) is 8.74. The molecule has 2 atom stereocenters. The van der Waals surface area contributed by atoms with Crippen LogP contribution in [0.2, 0.25) is 0 Å². The molecule has 1 saturated carbocycles. The van der Waals surface area contributed by atoms with Crippen molar-refractivity contribution in [1.82, 2.24) is 10.4 Å². The summed E-state index contributed by atoms with van der Waals surface area (Å²) in [5.74, 6) is 0.419. The molecule has 5 heteroatoms. The molecule has 1 heterocycles. The van der Waals surface area contributed by atoms with Gasteiger partial charge >= 0.3 is 6.09 Å². The molecule has 5 nitrogen and oxygen atoms in total. The lowest BCUT2D eigenvalue weighted by molar-refractivity contribution is -0.0542. The van der Waals surface area contributed by atoms with Crippen molar-refractivity contribution in [1.29, 1.82) is 0 Å². The van der Waals surface area contributed by atoms with Crippen molar-refractivity contribution >= 4 is 6.09 Å². The van der Waals surface area contributed by atoms with Gasteiger partial charge in [0.1, 0.15) is 5.60 Å². The highest BCUT2D eigenvalue weighted by molar-refractivity contribution is 5.68. The van der Waals surface area contributed by atoms with Crippen molar-refractivity contribution in [3.8, 4) is 0 Å². The standard InChI is InChI=1S/C17H32N2O3/c1-13(18-22-15-9-5-6-10-15)14-8-7-11-19(12-14)16(20)21-17(2,3)4/h13-15,18H,5-12H2,1-4H3. The van der Waals surface area contributed by atoms with Gasteiger partial charge in [-0.25, -0.2) is 4.79 Å². The highest BCUT2D eigenvalue weighted by Gasteiger charge is 2.30. The molecule has 2 unspecified atom stereocenters. The zero-order valence-electron chi connectivity index (χ0n) is 14.6. The number of hydroxylamine groups is 1. The third-order valence-corrected chi connectivity index (χ3v) is 4.54. The summed E-state index contributed by atoms with van der Waals surface area (Å²) in [7, 11) is 0. The fraction of sp³-hybridized carbons (Fsp3) is 0.941. The number of ether oxygens (including phenoxy) is 1. The molecule has 2 rings (SSSR count). The lowest BCUT2D eigenvalue weighted by Crippen LogP contribution is -2.48. The van der Waals surface area contributed by atoms with Crippen LogP contribution in [0.25, 0.3) is 0 Å². The molecule has 0 radical (unpaired) electrons. The van der Waals surface area contributed by atoms with Gasteiger partial charge in [-0.1, -0.05) is 12.8 Å². The van der Waals surface area contributed by atoms with E-state index in [1.807, 2.05) is 25.7 Å². The first kappa shape index (κ1) is 17.5. The molecule has 1 amide bonds. The van der Waals surface area contributed by atoms with E-state index in [4.69, 9.17) is 9.57 Å². The van der Waals surface area contributed by atoms with Crippen LogP contribution in [0.3, 0.4) is 0 Å². The van der Waals surface area contributed by atoms with E-state index in [1.54, 1.807) is 0 Å². The van der Waals surface area contributed by atoms with Crippen LogP contribution in [0.4, 0.5) is 4.79 Å². The SMILES string of the molecule is CC(NOC1CCCC1)C1CCCN(C(=O)OC(C)(C)C)C1. The second-order valence-corrected chi connectivity index (χ2v) is 7.76. The average molecular weight is 312 g/mol. The Bertz CT molecular complexity index is 361. The summed E-state index contributed by atoms with van der Waals surface area (Å²) >= 11 is 0. The first-order valence-electron chi connectivity index (χ1n) is 8.74. The van der Waals surface area contributed by atoms with Crippen molar-refractivity contribution in [2.45, 2.75) is 84.0 Å². The van der Waals surface area contributed by atoms with Crippen LogP contribution in [0.1, 0.15) is 66.2 Å². The number of nitrogens with one attached hydrogen (secondary N) is 1.